The first-order chi connectivity index (χ1) is 9.72. The average molecular weight is 290 g/mol. The van der Waals surface area contributed by atoms with Crippen LogP contribution in [0.25, 0.3) is 0 Å². The first kappa shape index (κ1) is 14.8. The van der Waals surface area contributed by atoms with Gasteiger partial charge in [-0.2, -0.15) is 0 Å². The highest BCUT2D eigenvalue weighted by Gasteiger charge is 2.77. The molecule has 0 bridgehead atoms. The first-order valence-corrected chi connectivity index (χ1v) is 8.16. The average Bonchev–Trinajstić information content (AvgIpc) is 2.95. The molecule has 3 aliphatic rings. The molecular formula is C18H26O3. The Hall–Kier alpha value is -1.12. The minimum absolute atomic E-state index is 0.133. The lowest BCUT2D eigenvalue weighted by Crippen LogP contribution is -2.48. The summed E-state index contributed by atoms with van der Waals surface area (Å²) in [6, 6.07) is 0. The molecule has 0 saturated heterocycles. The highest BCUT2D eigenvalue weighted by atomic mass is 16.5. The van der Waals surface area contributed by atoms with E-state index in [1.54, 1.807) is 13.0 Å². The lowest BCUT2D eigenvalue weighted by Gasteiger charge is -2.42. The van der Waals surface area contributed by atoms with E-state index in [-0.39, 0.29) is 28.7 Å². The summed E-state index contributed by atoms with van der Waals surface area (Å²) in [5.41, 5.74) is -0.890. The maximum atomic E-state index is 12.8. The fourth-order valence-corrected chi connectivity index (χ4v) is 5.92. The first-order valence-electron chi connectivity index (χ1n) is 8.16. The number of esters is 1. The standard InChI is InChI=1S/C18H26O3/c1-6-14(20)21-15-16(3,4)12-8-7-11(2)18(12)10-9-13(19)17(15,18)5/h9-12,15H,6-8H2,1-5H3. The molecular weight excluding hydrogens is 264 g/mol. The summed E-state index contributed by atoms with van der Waals surface area (Å²) in [6.07, 6.45) is 6.19. The van der Waals surface area contributed by atoms with Gasteiger partial charge in [-0.05, 0) is 37.7 Å². The van der Waals surface area contributed by atoms with Crippen LogP contribution in [-0.2, 0) is 14.3 Å². The van der Waals surface area contributed by atoms with Crippen LogP contribution in [0.5, 0.6) is 0 Å². The van der Waals surface area contributed by atoms with Crippen molar-refractivity contribution in [3.8, 4) is 0 Å². The quantitative estimate of drug-likeness (QED) is 0.731. The van der Waals surface area contributed by atoms with Gasteiger partial charge in [-0.15, -0.1) is 0 Å². The summed E-state index contributed by atoms with van der Waals surface area (Å²) >= 11 is 0. The van der Waals surface area contributed by atoms with Gasteiger partial charge in [0, 0.05) is 17.3 Å². The summed E-state index contributed by atoms with van der Waals surface area (Å²) < 4.78 is 5.84. The summed E-state index contributed by atoms with van der Waals surface area (Å²) in [5.74, 6) is 0.805. The maximum absolute atomic E-state index is 12.8. The molecule has 0 N–H and O–H groups in total. The number of allylic oxidation sites excluding steroid dienone is 2. The van der Waals surface area contributed by atoms with Crippen LogP contribution >= 0.6 is 0 Å². The third-order valence-electron chi connectivity index (χ3n) is 6.84. The zero-order chi connectivity index (χ0) is 15.6. The Morgan fingerprint density at radius 2 is 2.00 bits per heavy atom. The van der Waals surface area contributed by atoms with Gasteiger partial charge in [0.2, 0.25) is 0 Å². The summed E-state index contributed by atoms with van der Waals surface area (Å²) in [7, 11) is 0. The molecule has 3 heteroatoms. The molecule has 1 spiro atoms. The molecule has 0 aromatic rings. The van der Waals surface area contributed by atoms with Crippen molar-refractivity contribution in [1.29, 1.82) is 0 Å². The largest absolute Gasteiger partial charge is 0.461 e. The highest BCUT2D eigenvalue weighted by Crippen LogP contribution is 2.75. The van der Waals surface area contributed by atoms with Crippen molar-refractivity contribution in [2.24, 2.45) is 28.1 Å². The number of hydrogen-bond donors (Lipinski definition) is 0. The molecule has 0 aromatic heterocycles. The van der Waals surface area contributed by atoms with Gasteiger partial charge in [-0.3, -0.25) is 9.59 Å². The lowest BCUT2D eigenvalue weighted by atomic mass is 9.61. The molecule has 21 heavy (non-hydrogen) atoms. The summed E-state index contributed by atoms with van der Waals surface area (Å²) in [6.45, 7) is 10.4. The smallest absolute Gasteiger partial charge is 0.305 e. The predicted octanol–water partition coefficient (Wildman–Crippen LogP) is 3.53. The van der Waals surface area contributed by atoms with E-state index in [1.807, 2.05) is 6.92 Å². The second kappa shape index (κ2) is 4.21. The Bertz CT molecular complexity index is 533. The third kappa shape index (κ3) is 1.45. The van der Waals surface area contributed by atoms with Crippen molar-refractivity contribution in [3.05, 3.63) is 12.2 Å². The zero-order valence-electron chi connectivity index (χ0n) is 13.7. The van der Waals surface area contributed by atoms with Crippen molar-refractivity contribution < 1.29 is 14.3 Å². The van der Waals surface area contributed by atoms with E-state index in [0.29, 0.717) is 18.3 Å². The lowest BCUT2D eigenvalue weighted by molar-refractivity contribution is -0.165. The zero-order valence-corrected chi connectivity index (χ0v) is 13.7. The van der Waals surface area contributed by atoms with Crippen LogP contribution in [0, 0.1) is 28.1 Å². The Morgan fingerprint density at radius 1 is 1.33 bits per heavy atom. The van der Waals surface area contributed by atoms with Crippen molar-refractivity contribution in [2.45, 2.75) is 60.0 Å². The Labute approximate surface area is 127 Å². The third-order valence-corrected chi connectivity index (χ3v) is 6.84. The SMILES string of the molecule is CCC(=O)OC1C(C)(C)C2CCC(C)C23C=CC(=O)C13C. The maximum Gasteiger partial charge on any atom is 0.305 e. The second-order valence-electron chi connectivity index (χ2n) is 7.91. The minimum Gasteiger partial charge on any atom is -0.461 e. The molecule has 0 aliphatic heterocycles. The molecule has 2 fully saturated rings. The fourth-order valence-electron chi connectivity index (χ4n) is 5.92. The van der Waals surface area contributed by atoms with Crippen molar-refractivity contribution in [1.82, 2.24) is 0 Å². The van der Waals surface area contributed by atoms with Gasteiger partial charge in [0.05, 0.1) is 5.41 Å². The predicted molar refractivity (Wildman–Crippen MR) is 80.5 cm³/mol. The van der Waals surface area contributed by atoms with Crippen LogP contribution in [0.1, 0.15) is 53.9 Å². The van der Waals surface area contributed by atoms with Gasteiger partial charge in [0.1, 0.15) is 6.10 Å². The molecule has 0 aromatic carbocycles. The minimum atomic E-state index is -0.595. The number of carbonyl (C=O) groups excluding carboxylic acids is 2. The summed E-state index contributed by atoms with van der Waals surface area (Å²) in [4.78, 5) is 24.7. The van der Waals surface area contributed by atoms with E-state index < -0.39 is 5.41 Å². The monoisotopic (exact) mass is 290 g/mol. The van der Waals surface area contributed by atoms with E-state index in [9.17, 15) is 9.59 Å². The molecule has 0 radical (unpaired) electrons. The molecule has 2 saturated carbocycles. The van der Waals surface area contributed by atoms with E-state index in [1.165, 1.54) is 0 Å². The second-order valence-corrected chi connectivity index (χ2v) is 7.91. The van der Waals surface area contributed by atoms with Crippen LogP contribution in [0.15, 0.2) is 12.2 Å². The Morgan fingerprint density at radius 3 is 2.62 bits per heavy atom. The number of ether oxygens (including phenoxy) is 1. The number of rotatable bonds is 2. The van der Waals surface area contributed by atoms with Gasteiger partial charge in [0.25, 0.3) is 0 Å². The normalized spacial score (nSPS) is 46.5. The topological polar surface area (TPSA) is 43.4 Å². The van der Waals surface area contributed by atoms with Crippen LogP contribution in [0.4, 0.5) is 0 Å². The molecule has 3 rings (SSSR count). The molecule has 3 nitrogen and oxygen atoms in total. The van der Waals surface area contributed by atoms with E-state index >= 15 is 0 Å². The molecule has 0 heterocycles. The van der Waals surface area contributed by atoms with Crippen LogP contribution in [0.3, 0.4) is 0 Å². The van der Waals surface area contributed by atoms with Crippen LogP contribution < -0.4 is 0 Å². The van der Waals surface area contributed by atoms with Crippen molar-refractivity contribution in [2.75, 3.05) is 0 Å². The van der Waals surface area contributed by atoms with E-state index in [2.05, 4.69) is 26.8 Å². The molecule has 0 amide bonds. The van der Waals surface area contributed by atoms with Crippen molar-refractivity contribution in [3.63, 3.8) is 0 Å². The van der Waals surface area contributed by atoms with Gasteiger partial charge < -0.3 is 4.74 Å². The van der Waals surface area contributed by atoms with Crippen molar-refractivity contribution >= 4 is 11.8 Å². The van der Waals surface area contributed by atoms with Gasteiger partial charge >= 0.3 is 5.97 Å². The van der Waals surface area contributed by atoms with Gasteiger partial charge in [-0.1, -0.05) is 33.8 Å². The number of hydrogen-bond acceptors (Lipinski definition) is 3. The van der Waals surface area contributed by atoms with Crippen LogP contribution in [0.2, 0.25) is 0 Å². The van der Waals surface area contributed by atoms with Gasteiger partial charge in [-0.25, -0.2) is 0 Å². The van der Waals surface area contributed by atoms with E-state index in [0.717, 1.165) is 12.8 Å². The molecule has 3 aliphatic carbocycles. The molecule has 116 valence electrons. The Balaban J connectivity index is 2.15. The number of ketones is 1. The highest BCUT2D eigenvalue weighted by molar-refractivity contribution is 6.00. The van der Waals surface area contributed by atoms with E-state index in [4.69, 9.17) is 4.74 Å². The summed E-state index contributed by atoms with van der Waals surface area (Å²) in [5, 5.41) is 0. The number of carbonyl (C=O) groups is 2. The molecule has 5 unspecified atom stereocenters. The Kier molecular flexibility index (Phi) is 2.96. The fraction of sp³-hybridized carbons (Fsp3) is 0.778. The van der Waals surface area contributed by atoms with Crippen LogP contribution in [-0.4, -0.2) is 17.9 Å². The molecule has 5 atom stereocenters. The van der Waals surface area contributed by atoms with Gasteiger partial charge in [0.15, 0.2) is 5.78 Å².